The average molecular weight is 501 g/mol. The Bertz CT molecular complexity index is 1320. The van der Waals surface area contributed by atoms with Crippen LogP contribution in [0.25, 0.3) is 0 Å². The fraction of sp³-hybridized carbons (Fsp3) is 0.208. The van der Waals surface area contributed by atoms with Crippen LogP contribution < -0.4 is 23.8 Å². The van der Waals surface area contributed by atoms with Crippen LogP contribution >= 0.6 is 11.6 Å². The van der Waals surface area contributed by atoms with Gasteiger partial charge in [0.05, 0.1) is 23.7 Å². The molecular weight excluding hydrogens is 480 g/mol. The molecule has 2 aliphatic heterocycles. The van der Waals surface area contributed by atoms with Crippen LogP contribution in [0.3, 0.4) is 0 Å². The normalized spacial score (nSPS) is 19.0. The first-order valence-electron chi connectivity index (χ1n) is 10.6. The Labute approximate surface area is 202 Å². The van der Waals surface area contributed by atoms with Gasteiger partial charge in [-0.2, -0.15) is 0 Å². The van der Waals surface area contributed by atoms with Crippen molar-refractivity contribution in [2.45, 2.75) is 17.1 Å². The molecule has 0 saturated heterocycles. The Morgan fingerprint density at radius 3 is 2.38 bits per heavy atom. The molecule has 8 nitrogen and oxygen atoms in total. The number of fused-ring (bicyclic) bond motifs is 2. The highest BCUT2D eigenvalue weighted by molar-refractivity contribution is 7.92. The van der Waals surface area contributed by atoms with Crippen LogP contribution in [-0.2, 0) is 14.8 Å². The minimum absolute atomic E-state index is 0.0687. The summed E-state index contributed by atoms with van der Waals surface area (Å²) in [5, 5.41) is 3.22. The molecule has 0 unspecified atom stereocenters. The van der Waals surface area contributed by atoms with Gasteiger partial charge < -0.3 is 19.5 Å². The number of para-hydroxylation sites is 4. The van der Waals surface area contributed by atoms with Crippen LogP contribution in [0.15, 0.2) is 77.7 Å². The average Bonchev–Trinajstić information content (AvgIpc) is 2.86. The SMILES string of the molecule is O=C(NC[C@H]1COc2ccccc2O1)[C@@H]1CN(S(=O)(=O)c2ccc(Cl)cc2)c2ccccc2O1. The molecule has 0 radical (unpaired) electrons. The molecule has 2 aliphatic rings. The first-order valence-corrected chi connectivity index (χ1v) is 12.4. The number of benzene rings is 3. The molecule has 0 aromatic heterocycles. The molecule has 0 aliphatic carbocycles. The predicted octanol–water partition coefficient (Wildman–Crippen LogP) is 3.25. The molecule has 1 amide bonds. The summed E-state index contributed by atoms with van der Waals surface area (Å²) in [4.78, 5) is 13.0. The van der Waals surface area contributed by atoms with E-state index in [9.17, 15) is 13.2 Å². The molecule has 5 rings (SSSR count). The van der Waals surface area contributed by atoms with Crippen molar-refractivity contribution in [3.63, 3.8) is 0 Å². The van der Waals surface area contributed by atoms with Gasteiger partial charge in [0.2, 0.25) is 0 Å². The summed E-state index contributed by atoms with van der Waals surface area (Å²) in [6.45, 7) is 0.278. The summed E-state index contributed by atoms with van der Waals surface area (Å²) in [7, 11) is -3.96. The zero-order chi connectivity index (χ0) is 23.7. The van der Waals surface area contributed by atoms with Crippen molar-refractivity contribution in [3.05, 3.63) is 77.8 Å². The standard InChI is InChI=1S/C24H21ClN2O6S/c25-16-9-11-18(12-10-16)34(29,30)27-14-23(33-20-6-2-1-5-19(20)27)24(28)26-13-17-15-31-21-7-3-4-8-22(21)32-17/h1-12,17,23H,13-15H2,(H,26,28)/t17-,23-/m0/s1. The van der Waals surface area contributed by atoms with Crippen molar-refractivity contribution < 1.29 is 27.4 Å². The molecule has 34 heavy (non-hydrogen) atoms. The first-order chi connectivity index (χ1) is 16.4. The summed E-state index contributed by atoms with van der Waals surface area (Å²) >= 11 is 5.92. The van der Waals surface area contributed by atoms with E-state index in [4.69, 9.17) is 25.8 Å². The van der Waals surface area contributed by atoms with E-state index >= 15 is 0 Å². The van der Waals surface area contributed by atoms with Gasteiger partial charge in [-0.25, -0.2) is 8.42 Å². The Hall–Kier alpha value is -3.43. The number of hydrogen-bond acceptors (Lipinski definition) is 6. The maximum atomic E-state index is 13.4. The highest BCUT2D eigenvalue weighted by Crippen LogP contribution is 2.37. The van der Waals surface area contributed by atoms with Gasteiger partial charge in [-0.15, -0.1) is 0 Å². The predicted molar refractivity (Wildman–Crippen MR) is 126 cm³/mol. The summed E-state index contributed by atoms with van der Waals surface area (Å²) in [6, 6.07) is 19.9. The number of ether oxygens (including phenoxy) is 3. The second-order valence-corrected chi connectivity index (χ2v) is 10.1. The minimum atomic E-state index is -3.96. The van der Waals surface area contributed by atoms with Crippen LogP contribution in [-0.4, -0.2) is 46.2 Å². The van der Waals surface area contributed by atoms with Crippen molar-refractivity contribution in [2.24, 2.45) is 0 Å². The van der Waals surface area contributed by atoms with E-state index in [2.05, 4.69) is 5.32 Å². The molecule has 0 fully saturated rings. The number of carbonyl (C=O) groups excluding carboxylic acids is 1. The topological polar surface area (TPSA) is 94.2 Å². The molecule has 176 valence electrons. The number of hydrogen-bond donors (Lipinski definition) is 1. The zero-order valence-corrected chi connectivity index (χ0v) is 19.5. The second-order valence-electron chi connectivity index (χ2n) is 7.81. The van der Waals surface area contributed by atoms with Gasteiger partial charge in [0.25, 0.3) is 15.9 Å². The lowest BCUT2D eigenvalue weighted by atomic mass is 10.2. The van der Waals surface area contributed by atoms with E-state index in [0.29, 0.717) is 28.0 Å². The molecular formula is C24H21ClN2O6S. The largest absolute Gasteiger partial charge is 0.486 e. The second kappa shape index (κ2) is 9.08. The molecule has 10 heteroatoms. The highest BCUT2D eigenvalue weighted by atomic mass is 35.5. The summed E-state index contributed by atoms with van der Waals surface area (Å²) < 4.78 is 45.4. The van der Waals surface area contributed by atoms with Crippen molar-refractivity contribution in [3.8, 4) is 17.2 Å². The van der Waals surface area contributed by atoms with Gasteiger partial charge in [0.1, 0.15) is 18.5 Å². The smallest absolute Gasteiger partial charge is 0.264 e. The zero-order valence-electron chi connectivity index (χ0n) is 17.9. The Morgan fingerprint density at radius 1 is 0.941 bits per heavy atom. The van der Waals surface area contributed by atoms with Crippen LogP contribution in [0.1, 0.15) is 0 Å². The van der Waals surface area contributed by atoms with Crippen LogP contribution in [0.5, 0.6) is 17.2 Å². The third-order valence-corrected chi connectivity index (χ3v) is 7.55. The van der Waals surface area contributed by atoms with Crippen LogP contribution in [0.4, 0.5) is 5.69 Å². The maximum Gasteiger partial charge on any atom is 0.264 e. The summed E-state index contributed by atoms with van der Waals surface area (Å²) in [5.41, 5.74) is 0.363. The number of anilines is 1. The van der Waals surface area contributed by atoms with Gasteiger partial charge in [-0.3, -0.25) is 9.10 Å². The molecule has 3 aromatic carbocycles. The molecule has 1 N–H and O–H groups in total. The first kappa shape index (κ1) is 22.4. The van der Waals surface area contributed by atoms with E-state index in [-0.39, 0.29) is 30.7 Å². The number of nitrogens with zero attached hydrogens (tertiary/aromatic N) is 1. The van der Waals surface area contributed by atoms with Crippen molar-refractivity contribution in [1.82, 2.24) is 5.32 Å². The highest BCUT2D eigenvalue weighted by Gasteiger charge is 2.37. The summed E-state index contributed by atoms with van der Waals surface area (Å²) in [5.74, 6) is 1.11. The molecule has 2 heterocycles. The quantitative estimate of drug-likeness (QED) is 0.578. The monoisotopic (exact) mass is 500 g/mol. The van der Waals surface area contributed by atoms with Gasteiger partial charge in [0, 0.05) is 5.02 Å². The van der Waals surface area contributed by atoms with Crippen LogP contribution in [0.2, 0.25) is 5.02 Å². The van der Waals surface area contributed by atoms with Gasteiger partial charge in [0.15, 0.2) is 17.6 Å². The van der Waals surface area contributed by atoms with Crippen molar-refractivity contribution in [1.29, 1.82) is 0 Å². The summed E-state index contributed by atoms with van der Waals surface area (Å²) in [6.07, 6.45) is -1.43. The number of nitrogens with one attached hydrogen (secondary N) is 1. The van der Waals surface area contributed by atoms with E-state index in [0.717, 1.165) is 0 Å². The van der Waals surface area contributed by atoms with E-state index in [1.165, 1.54) is 28.6 Å². The van der Waals surface area contributed by atoms with Gasteiger partial charge >= 0.3 is 0 Å². The van der Waals surface area contributed by atoms with Gasteiger partial charge in [-0.1, -0.05) is 35.9 Å². The lowest BCUT2D eigenvalue weighted by Gasteiger charge is -2.35. The number of sulfonamides is 1. The van der Waals surface area contributed by atoms with Crippen molar-refractivity contribution >= 4 is 33.2 Å². The lowest BCUT2D eigenvalue weighted by molar-refractivity contribution is -0.128. The fourth-order valence-electron chi connectivity index (χ4n) is 3.79. The van der Waals surface area contributed by atoms with Crippen LogP contribution in [0, 0.1) is 0 Å². The Kier molecular flexibility index (Phi) is 5.97. The van der Waals surface area contributed by atoms with E-state index in [1.807, 2.05) is 18.2 Å². The molecule has 2 atom stereocenters. The number of rotatable bonds is 5. The lowest BCUT2D eigenvalue weighted by Crippen LogP contribution is -2.52. The molecule has 0 saturated carbocycles. The third-order valence-electron chi connectivity index (χ3n) is 5.50. The third kappa shape index (κ3) is 4.36. The van der Waals surface area contributed by atoms with E-state index < -0.39 is 22.0 Å². The number of halogens is 1. The minimum Gasteiger partial charge on any atom is -0.486 e. The fourth-order valence-corrected chi connectivity index (χ4v) is 5.39. The van der Waals surface area contributed by atoms with Gasteiger partial charge in [-0.05, 0) is 48.5 Å². The number of amides is 1. The number of carbonyl (C=O) groups is 1. The Balaban J connectivity index is 1.32. The van der Waals surface area contributed by atoms with E-state index in [1.54, 1.807) is 30.3 Å². The molecule has 0 spiro atoms. The molecule has 0 bridgehead atoms. The van der Waals surface area contributed by atoms with Crippen molar-refractivity contribution in [2.75, 3.05) is 24.0 Å². The molecule has 3 aromatic rings. The Morgan fingerprint density at radius 2 is 1.62 bits per heavy atom. The maximum absolute atomic E-state index is 13.4.